The molecular weight excluding hydrogens is 114 g/mol. The third kappa shape index (κ3) is 1.76. The molecule has 1 aliphatic heterocycles. The van der Waals surface area contributed by atoms with Crippen LogP contribution in [0.3, 0.4) is 0 Å². The second-order valence-electron chi connectivity index (χ2n) is 2.58. The van der Waals surface area contributed by atoms with E-state index >= 15 is 0 Å². The van der Waals surface area contributed by atoms with Crippen molar-refractivity contribution in [2.45, 2.75) is 13.8 Å². The molecule has 0 aromatic heterocycles. The second-order valence-corrected chi connectivity index (χ2v) is 2.58. The lowest BCUT2D eigenvalue weighted by atomic mass is 9.98. The molecule has 0 radical (unpaired) electrons. The lowest BCUT2D eigenvalue weighted by Crippen LogP contribution is -2.13. The van der Waals surface area contributed by atoms with E-state index in [4.69, 9.17) is 0 Å². The van der Waals surface area contributed by atoms with Crippen LogP contribution in [0.2, 0.25) is 0 Å². The Balaban J connectivity index is 2.82. The van der Waals surface area contributed by atoms with Gasteiger partial charge in [0.25, 0.3) is 0 Å². The average molecular weight is 123 g/mol. The molecule has 0 saturated carbocycles. The first-order chi connectivity index (χ1) is 4.21. The summed E-state index contributed by atoms with van der Waals surface area (Å²) in [6.45, 7) is 4.04. The molecule has 0 atom stereocenters. The summed E-state index contributed by atoms with van der Waals surface area (Å²) < 4.78 is 0. The molecule has 0 unspecified atom stereocenters. The van der Waals surface area contributed by atoms with Crippen LogP contribution in [0.1, 0.15) is 13.8 Å². The van der Waals surface area contributed by atoms with Gasteiger partial charge in [-0.25, -0.2) is 4.99 Å². The van der Waals surface area contributed by atoms with Crippen molar-refractivity contribution < 1.29 is 0 Å². The van der Waals surface area contributed by atoms with Gasteiger partial charge in [0.15, 0.2) is 0 Å². The highest BCUT2D eigenvalue weighted by Crippen LogP contribution is 2.08. The lowest BCUT2D eigenvalue weighted by Gasteiger charge is -2.08. The summed E-state index contributed by atoms with van der Waals surface area (Å²) in [4.78, 5) is 3.88. The first-order valence-electron chi connectivity index (χ1n) is 2.81. The molecule has 1 heterocycles. The molecule has 3 nitrogen and oxygen atoms in total. The van der Waals surface area contributed by atoms with Crippen molar-refractivity contribution in [1.29, 1.82) is 0 Å². The predicted molar refractivity (Wildman–Crippen MR) is 39.3 cm³/mol. The van der Waals surface area contributed by atoms with E-state index in [1.165, 1.54) is 6.34 Å². The molecule has 0 saturated heterocycles. The molecule has 0 fully saturated rings. The van der Waals surface area contributed by atoms with E-state index in [0.29, 0.717) is 0 Å². The highest BCUT2D eigenvalue weighted by molar-refractivity contribution is 5.92. The molecule has 1 rings (SSSR count). The third-order valence-electron chi connectivity index (χ3n) is 0.983. The number of rotatable bonds is 0. The van der Waals surface area contributed by atoms with Gasteiger partial charge in [0.2, 0.25) is 0 Å². The number of nitrogens with zero attached hydrogens (tertiary/aromatic N) is 3. The number of hydrogen-bond acceptors (Lipinski definition) is 3. The normalized spacial score (nSPS) is 22.0. The first kappa shape index (κ1) is 6.13. The highest BCUT2D eigenvalue weighted by Gasteiger charge is 2.11. The molecule has 0 aromatic carbocycles. The maximum absolute atomic E-state index is 3.88. The van der Waals surface area contributed by atoms with Gasteiger partial charge in [-0.2, -0.15) is 5.10 Å². The van der Waals surface area contributed by atoms with E-state index < -0.39 is 0 Å². The smallest absolute Gasteiger partial charge is 0.137 e. The van der Waals surface area contributed by atoms with Crippen LogP contribution in [-0.2, 0) is 0 Å². The van der Waals surface area contributed by atoms with Crippen LogP contribution in [0, 0.1) is 5.41 Å². The van der Waals surface area contributed by atoms with Gasteiger partial charge in [0.1, 0.15) is 6.34 Å². The van der Waals surface area contributed by atoms with Crippen LogP contribution >= 0.6 is 0 Å². The van der Waals surface area contributed by atoms with Crippen molar-refractivity contribution >= 4 is 18.8 Å². The van der Waals surface area contributed by atoms with E-state index in [2.05, 4.69) is 15.2 Å². The summed E-state index contributed by atoms with van der Waals surface area (Å²) in [5, 5.41) is 7.36. The molecule has 0 spiro atoms. The van der Waals surface area contributed by atoms with Crippen LogP contribution < -0.4 is 0 Å². The van der Waals surface area contributed by atoms with Gasteiger partial charge in [0, 0.05) is 17.8 Å². The SMILES string of the molecule is CC1(C)C=NC=NN=C1. The van der Waals surface area contributed by atoms with E-state index in [-0.39, 0.29) is 5.41 Å². The Bertz CT molecular complexity index is 159. The molecule has 0 bridgehead atoms. The zero-order valence-electron chi connectivity index (χ0n) is 5.57. The van der Waals surface area contributed by atoms with E-state index in [1.807, 2.05) is 20.1 Å². The maximum atomic E-state index is 3.88. The van der Waals surface area contributed by atoms with Gasteiger partial charge in [-0.3, -0.25) is 0 Å². The second kappa shape index (κ2) is 2.09. The summed E-state index contributed by atoms with van der Waals surface area (Å²) >= 11 is 0. The van der Waals surface area contributed by atoms with Crippen LogP contribution in [0.4, 0.5) is 0 Å². The Morgan fingerprint density at radius 2 is 1.89 bits per heavy atom. The minimum atomic E-state index is -0.0451. The summed E-state index contributed by atoms with van der Waals surface area (Å²) in [6, 6.07) is 0. The number of aliphatic imine (C=N–C) groups is 1. The highest BCUT2D eigenvalue weighted by atomic mass is 15.2. The number of hydrogen-bond donors (Lipinski definition) is 0. The first-order valence-corrected chi connectivity index (χ1v) is 2.81. The maximum Gasteiger partial charge on any atom is 0.137 e. The molecule has 1 aliphatic rings. The summed E-state index contributed by atoms with van der Waals surface area (Å²) in [7, 11) is 0. The standard InChI is InChI=1S/C6H9N3/c1-6(2)3-7-5-9-8-4-6/h3-5H,1-2H3. The van der Waals surface area contributed by atoms with Gasteiger partial charge >= 0.3 is 0 Å². The Labute approximate surface area is 54.2 Å². The van der Waals surface area contributed by atoms with Crippen LogP contribution in [0.15, 0.2) is 15.2 Å². The fraction of sp³-hybridized carbons (Fsp3) is 0.500. The Morgan fingerprint density at radius 1 is 1.11 bits per heavy atom. The van der Waals surface area contributed by atoms with E-state index in [1.54, 1.807) is 6.21 Å². The largest absolute Gasteiger partial charge is 0.246 e. The monoisotopic (exact) mass is 123 g/mol. The van der Waals surface area contributed by atoms with E-state index in [0.717, 1.165) is 0 Å². The van der Waals surface area contributed by atoms with Crippen LogP contribution in [0.5, 0.6) is 0 Å². The van der Waals surface area contributed by atoms with Crippen molar-refractivity contribution in [1.82, 2.24) is 0 Å². The van der Waals surface area contributed by atoms with Gasteiger partial charge in [-0.1, -0.05) is 0 Å². The molecule has 3 heteroatoms. The predicted octanol–water partition coefficient (Wildman–Crippen LogP) is 1.11. The van der Waals surface area contributed by atoms with Gasteiger partial charge in [-0.15, -0.1) is 5.10 Å². The van der Waals surface area contributed by atoms with Crippen molar-refractivity contribution in [3.63, 3.8) is 0 Å². The zero-order valence-corrected chi connectivity index (χ0v) is 5.57. The fourth-order valence-electron chi connectivity index (χ4n) is 0.501. The molecule has 0 aliphatic carbocycles. The van der Waals surface area contributed by atoms with Crippen LogP contribution in [0.25, 0.3) is 0 Å². The summed E-state index contributed by atoms with van der Waals surface area (Å²) in [5.41, 5.74) is -0.0451. The minimum Gasteiger partial charge on any atom is -0.246 e. The van der Waals surface area contributed by atoms with E-state index in [9.17, 15) is 0 Å². The topological polar surface area (TPSA) is 37.1 Å². The molecule has 0 N–H and O–H groups in total. The van der Waals surface area contributed by atoms with Crippen molar-refractivity contribution in [3.8, 4) is 0 Å². The van der Waals surface area contributed by atoms with Crippen molar-refractivity contribution in [3.05, 3.63) is 0 Å². The zero-order chi connectivity index (χ0) is 6.74. The summed E-state index contributed by atoms with van der Waals surface area (Å²) in [5.74, 6) is 0. The minimum absolute atomic E-state index is 0.0451. The Morgan fingerprint density at radius 3 is 2.67 bits per heavy atom. The van der Waals surface area contributed by atoms with Gasteiger partial charge < -0.3 is 0 Å². The molecule has 9 heavy (non-hydrogen) atoms. The van der Waals surface area contributed by atoms with Crippen LogP contribution in [-0.4, -0.2) is 18.8 Å². The fourth-order valence-corrected chi connectivity index (χ4v) is 0.501. The van der Waals surface area contributed by atoms with Crippen molar-refractivity contribution in [2.75, 3.05) is 0 Å². The van der Waals surface area contributed by atoms with Gasteiger partial charge in [-0.05, 0) is 13.8 Å². The quantitative estimate of drug-likeness (QED) is 0.462. The molecular formula is C6H9N3. The molecule has 0 amide bonds. The molecule has 0 aromatic rings. The Kier molecular flexibility index (Phi) is 1.42. The third-order valence-corrected chi connectivity index (χ3v) is 0.983. The van der Waals surface area contributed by atoms with Gasteiger partial charge in [0.05, 0.1) is 0 Å². The molecule has 48 valence electrons. The Hall–Kier alpha value is -0.990. The summed E-state index contributed by atoms with van der Waals surface area (Å²) in [6.07, 6.45) is 5.01. The average Bonchev–Trinajstić information content (AvgIpc) is 1.92. The van der Waals surface area contributed by atoms with Crippen molar-refractivity contribution in [2.24, 2.45) is 20.6 Å². The lowest BCUT2D eigenvalue weighted by molar-refractivity contribution is 0.765.